The summed E-state index contributed by atoms with van der Waals surface area (Å²) in [6, 6.07) is 0.175. The predicted molar refractivity (Wildman–Crippen MR) is 54.9 cm³/mol. The Labute approximate surface area is 109 Å². The second-order valence-corrected chi connectivity index (χ2v) is 3.77. The number of halogens is 6. The Morgan fingerprint density at radius 3 is 2.47 bits per heavy atom. The number of esters is 1. The quantitative estimate of drug-likeness (QED) is 0.488. The first-order chi connectivity index (χ1) is 8.66. The van der Waals surface area contributed by atoms with Crippen LogP contribution in [-0.2, 0) is 22.1 Å². The van der Waals surface area contributed by atoms with Crippen LogP contribution in [0.1, 0.15) is 23.2 Å². The van der Waals surface area contributed by atoms with Crippen LogP contribution in [-0.4, -0.2) is 18.1 Å². The molecule has 9 heteroatoms. The van der Waals surface area contributed by atoms with Crippen LogP contribution >= 0.6 is 11.6 Å². The fourth-order valence-corrected chi connectivity index (χ4v) is 1.57. The van der Waals surface area contributed by atoms with Crippen LogP contribution in [0.25, 0.3) is 0 Å². The monoisotopic (exact) mass is 303 g/mol. The summed E-state index contributed by atoms with van der Waals surface area (Å²) in [6.45, 7) is 0. The highest BCUT2D eigenvalue weighted by atomic mass is 35.5. The van der Waals surface area contributed by atoms with E-state index in [1.807, 2.05) is 0 Å². The van der Waals surface area contributed by atoms with Gasteiger partial charge in [-0.2, -0.15) is 13.2 Å². The largest absolute Gasteiger partial charge is 0.469 e. The van der Waals surface area contributed by atoms with Crippen molar-refractivity contribution in [1.82, 2.24) is 4.98 Å². The lowest BCUT2D eigenvalue weighted by atomic mass is 10.1. The van der Waals surface area contributed by atoms with Gasteiger partial charge in [0.05, 0.1) is 19.1 Å². The third kappa shape index (κ3) is 3.76. The molecule has 106 valence electrons. The van der Waals surface area contributed by atoms with Crippen LogP contribution in [0.4, 0.5) is 22.0 Å². The van der Waals surface area contributed by atoms with Crippen LogP contribution in [0.2, 0.25) is 5.15 Å². The van der Waals surface area contributed by atoms with Gasteiger partial charge in [-0.25, -0.2) is 13.8 Å². The van der Waals surface area contributed by atoms with Gasteiger partial charge >= 0.3 is 12.1 Å². The number of carbonyl (C=O) groups excluding carboxylic acids is 1. The average molecular weight is 304 g/mol. The molecule has 0 atom stereocenters. The fraction of sp³-hybridized carbons (Fsp3) is 0.400. The van der Waals surface area contributed by atoms with Gasteiger partial charge in [-0.1, -0.05) is 11.6 Å². The summed E-state index contributed by atoms with van der Waals surface area (Å²) in [7, 11) is 0.977. The Bertz CT molecular complexity index is 490. The van der Waals surface area contributed by atoms with Gasteiger partial charge in [0.25, 0.3) is 6.43 Å². The smallest absolute Gasteiger partial charge is 0.416 e. The molecular weight excluding hydrogens is 297 g/mol. The standard InChI is InChI=1S/C10H7ClF5NO2/c1-19-7(18)2-4-5(10(14,15)16)3-6(9(12)13)17-8(4)11/h3,9H,2H2,1H3. The summed E-state index contributed by atoms with van der Waals surface area (Å²) in [5, 5.41) is -0.796. The minimum atomic E-state index is -4.93. The van der Waals surface area contributed by atoms with Crippen molar-refractivity contribution in [3.05, 3.63) is 28.0 Å². The van der Waals surface area contributed by atoms with E-state index in [9.17, 15) is 26.7 Å². The van der Waals surface area contributed by atoms with Crippen molar-refractivity contribution in [2.75, 3.05) is 7.11 Å². The predicted octanol–water partition coefficient (Wildman–Crippen LogP) is 3.41. The Morgan fingerprint density at radius 1 is 1.47 bits per heavy atom. The van der Waals surface area contributed by atoms with Crippen molar-refractivity contribution in [2.24, 2.45) is 0 Å². The highest BCUT2D eigenvalue weighted by Crippen LogP contribution is 2.36. The number of hydrogen-bond donors (Lipinski definition) is 0. The lowest BCUT2D eigenvalue weighted by molar-refractivity contribution is -0.141. The van der Waals surface area contributed by atoms with Gasteiger partial charge in [-0.15, -0.1) is 0 Å². The van der Waals surface area contributed by atoms with E-state index in [4.69, 9.17) is 11.6 Å². The third-order valence-electron chi connectivity index (χ3n) is 2.17. The van der Waals surface area contributed by atoms with E-state index in [0.717, 1.165) is 7.11 Å². The second-order valence-electron chi connectivity index (χ2n) is 3.42. The highest BCUT2D eigenvalue weighted by molar-refractivity contribution is 6.30. The normalized spacial score (nSPS) is 11.8. The average Bonchev–Trinajstić information content (AvgIpc) is 2.29. The van der Waals surface area contributed by atoms with Crippen LogP contribution in [0, 0.1) is 0 Å². The molecule has 1 aromatic heterocycles. The van der Waals surface area contributed by atoms with Gasteiger partial charge in [0.15, 0.2) is 0 Å². The van der Waals surface area contributed by atoms with Crippen LogP contribution < -0.4 is 0 Å². The Hall–Kier alpha value is -1.44. The zero-order valence-corrected chi connectivity index (χ0v) is 10.1. The van der Waals surface area contributed by atoms with E-state index in [1.54, 1.807) is 0 Å². The molecule has 0 N–H and O–H groups in total. The van der Waals surface area contributed by atoms with Crippen molar-refractivity contribution < 1.29 is 31.5 Å². The van der Waals surface area contributed by atoms with Crippen molar-refractivity contribution in [3.8, 4) is 0 Å². The SMILES string of the molecule is COC(=O)Cc1c(C(F)(F)F)cc(C(F)F)nc1Cl. The number of methoxy groups -OCH3 is 1. The van der Waals surface area contributed by atoms with E-state index < -0.39 is 47.0 Å². The lowest BCUT2D eigenvalue weighted by Gasteiger charge is -2.14. The van der Waals surface area contributed by atoms with E-state index >= 15 is 0 Å². The molecule has 0 aromatic carbocycles. The maximum absolute atomic E-state index is 12.7. The van der Waals surface area contributed by atoms with E-state index in [-0.39, 0.29) is 6.07 Å². The number of carbonyl (C=O) groups is 1. The van der Waals surface area contributed by atoms with Crippen molar-refractivity contribution in [3.63, 3.8) is 0 Å². The number of pyridine rings is 1. The van der Waals surface area contributed by atoms with Gasteiger partial charge in [0.1, 0.15) is 10.8 Å². The van der Waals surface area contributed by atoms with E-state index in [1.165, 1.54) is 0 Å². The molecule has 0 bridgehead atoms. The summed E-state index contributed by atoms with van der Waals surface area (Å²) in [4.78, 5) is 14.1. The van der Waals surface area contributed by atoms with Crippen LogP contribution in [0.15, 0.2) is 6.07 Å². The fourth-order valence-electron chi connectivity index (χ4n) is 1.31. The number of nitrogens with zero attached hydrogens (tertiary/aromatic N) is 1. The first-order valence-electron chi connectivity index (χ1n) is 4.78. The number of alkyl halides is 5. The molecule has 0 radical (unpaired) electrons. The van der Waals surface area contributed by atoms with Gasteiger partial charge in [0.2, 0.25) is 0 Å². The molecule has 0 aliphatic rings. The highest BCUT2D eigenvalue weighted by Gasteiger charge is 2.36. The molecule has 0 unspecified atom stereocenters. The molecule has 1 aromatic rings. The van der Waals surface area contributed by atoms with Gasteiger partial charge < -0.3 is 4.74 Å². The zero-order valence-electron chi connectivity index (χ0n) is 9.39. The summed E-state index contributed by atoms with van der Waals surface area (Å²) in [5.41, 5.74) is -3.22. The second kappa shape index (κ2) is 5.68. The van der Waals surface area contributed by atoms with Crippen molar-refractivity contribution in [2.45, 2.75) is 19.0 Å². The first kappa shape index (κ1) is 15.6. The van der Waals surface area contributed by atoms with Gasteiger partial charge in [0, 0.05) is 5.56 Å². The molecule has 3 nitrogen and oxygen atoms in total. The molecule has 0 spiro atoms. The molecule has 19 heavy (non-hydrogen) atoms. The molecule has 0 amide bonds. The molecular formula is C10H7ClF5NO2. The molecule has 1 rings (SSSR count). The summed E-state index contributed by atoms with van der Waals surface area (Å²) < 4.78 is 67.2. The summed E-state index contributed by atoms with van der Waals surface area (Å²) in [6.07, 6.45) is -8.94. The minimum absolute atomic E-state index is 0.175. The van der Waals surface area contributed by atoms with Gasteiger partial charge in [-0.05, 0) is 6.07 Å². The van der Waals surface area contributed by atoms with Crippen LogP contribution in [0.5, 0.6) is 0 Å². The number of rotatable bonds is 3. The maximum Gasteiger partial charge on any atom is 0.416 e. The number of hydrogen-bond acceptors (Lipinski definition) is 3. The Kier molecular flexibility index (Phi) is 4.67. The van der Waals surface area contributed by atoms with Gasteiger partial charge in [-0.3, -0.25) is 4.79 Å². The van der Waals surface area contributed by atoms with Crippen molar-refractivity contribution in [1.29, 1.82) is 0 Å². The Balaban J connectivity index is 3.39. The van der Waals surface area contributed by atoms with Crippen molar-refractivity contribution >= 4 is 17.6 Å². The zero-order chi connectivity index (χ0) is 14.8. The Morgan fingerprint density at radius 2 is 2.05 bits per heavy atom. The number of aromatic nitrogens is 1. The number of ether oxygens (including phenoxy) is 1. The summed E-state index contributed by atoms with van der Waals surface area (Å²) >= 11 is 5.43. The molecule has 0 aliphatic carbocycles. The van der Waals surface area contributed by atoms with E-state index in [2.05, 4.69) is 9.72 Å². The third-order valence-corrected chi connectivity index (χ3v) is 2.48. The molecule has 1 heterocycles. The van der Waals surface area contributed by atoms with E-state index in [0.29, 0.717) is 0 Å². The minimum Gasteiger partial charge on any atom is -0.469 e. The molecule has 0 aliphatic heterocycles. The molecule has 0 saturated carbocycles. The maximum atomic E-state index is 12.7. The first-order valence-corrected chi connectivity index (χ1v) is 5.16. The lowest BCUT2D eigenvalue weighted by Crippen LogP contribution is -2.16. The van der Waals surface area contributed by atoms with Crippen LogP contribution in [0.3, 0.4) is 0 Å². The summed E-state index contributed by atoms with van der Waals surface area (Å²) in [5.74, 6) is -0.987. The molecule has 0 saturated heterocycles. The topological polar surface area (TPSA) is 39.2 Å². The molecule has 0 fully saturated rings.